The number of carbonyl (C=O) groups excluding carboxylic acids is 1. The van der Waals surface area contributed by atoms with Crippen molar-refractivity contribution in [2.75, 3.05) is 90.7 Å². The van der Waals surface area contributed by atoms with Crippen LogP contribution in [0, 0.1) is 0 Å². The fraction of sp³-hybridized carbons (Fsp3) is 0.706. The molecule has 5 heterocycles. The third-order valence-corrected chi connectivity index (χ3v) is 12.6. The summed E-state index contributed by atoms with van der Waals surface area (Å²) >= 11 is 1.17. The average Bonchev–Trinajstić information content (AvgIpc) is 3.69. The van der Waals surface area contributed by atoms with E-state index in [0.29, 0.717) is 55.5 Å². The number of sulfonamides is 1. The predicted molar refractivity (Wildman–Crippen MR) is 188 cm³/mol. The molecule has 0 spiro atoms. The Labute approximate surface area is 297 Å². The van der Waals surface area contributed by atoms with Crippen molar-refractivity contribution in [3.8, 4) is 11.3 Å². The van der Waals surface area contributed by atoms with Gasteiger partial charge in [0.1, 0.15) is 0 Å². The number of hydrogen-bond donors (Lipinski definition) is 1. The quantitative estimate of drug-likeness (QED) is 0.231. The van der Waals surface area contributed by atoms with Crippen molar-refractivity contribution in [3.05, 3.63) is 35.0 Å². The average molecular weight is 742 g/mol. The molecule has 16 heteroatoms. The standard InChI is InChI=1S/C34H50F3N7O4S2/c1-50(46,47)42-17-9-30-28(25-42)33(39-44(30)14-3-12-40-15-7-27(8-16-40)43-13-2-4-32(43)45)26-5-6-29(34(35,36)37)31(24-26)49-23-11-38-10-18-41-19-21-48-22-20-41/h5-6,24,27,38H,2-4,7-23,25H2,1H3. The highest BCUT2D eigenvalue weighted by atomic mass is 32.2. The smallest absolute Gasteiger partial charge is 0.379 e. The number of nitrogens with zero attached hydrogens (tertiary/aromatic N) is 6. The maximum absolute atomic E-state index is 14.1. The zero-order valence-electron chi connectivity index (χ0n) is 28.9. The van der Waals surface area contributed by atoms with Crippen LogP contribution in [0.4, 0.5) is 13.2 Å². The Kier molecular flexibility index (Phi) is 12.5. The second kappa shape index (κ2) is 16.6. The summed E-state index contributed by atoms with van der Waals surface area (Å²) in [5, 5.41) is 8.30. The molecule has 0 atom stereocenters. The Morgan fingerprint density at radius 2 is 1.74 bits per heavy atom. The van der Waals surface area contributed by atoms with E-state index in [1.807, 2.05) is 4.68 Å². The molecule has 0 bridgehead atoms. The van der Waals surface area contributed by atoms with Gasteiger partial charge in [-0.3, -0.25) is 14.4 Å². The summed E-state index contributed by atoms with van der Waals surface area (Å²) in [6.45, 7) is 10.2. The van der Waals surface area contributed by atoms with E-state index in [1.54, 1.807) is 6.07 Å². The lowest BCUT2D eigenvalue weighted by Crippen LogP contribution is -2.45. The Hall–Kier alpha value is -2.21. The predicted octanol–water partition coefficient (Wildman–Crippen LogP) is 3.38. The van der Waals surface area contributed by atoms with Crippen molar-refractivity contribution in [1.29, 1.82) is 0 Å². The fourth-order valence-electron chi connectivity index (χ4n) is 7.56. The summed E-state index contributed by atoms with van der Waals surface area (Å²) in [6, 6.07) is 4.51. The van der Waals surface area contributed by atoms with Gasteiger partial charge in [0.25, 0.3) is 0 Å². The summed E-state index contributed by atoms with van der Waals surface area (Å²) in [6.07, 6.45) is 1.59. The van der Waals surface area contributed by atoms with E-state index in [2.05, 4.69) is 20.0 Å². The molecule has 50 heavy (non-hydrogen) atoms. The van der Waals surface area contributed by atoms with Gasteiger partial charge in [0.05, 0.1) is 30.7 Å². The van der Waals surface area contributed by atoms with Gasteiger partial charge in [-0.05, 0) is 44.4 Å². The molecule has 278 valence electrons. The highest BCUT2D eigenvalue weighted by Crippen LogP contribution is 2.40. The summed E-state index contributed by atoms with van der Waals surface area (Å²) in [5.41, 5.74) is 2.14. The molecular weight excluding hydrogens is 692 g/mol. The normalized spacial score (nSPS) is 20.6. The van der Waals surface area contributed by atoms with Crippen LogP contribution < -0.4 is 5.32 Å². The van der Waals surface area contributed by atoms with Crippen LogP contribution >= 0.6 is 11.8 Å². The maximum atomic E-state index is 14.1. The van der Waals surface area contributed by atoms with E-state index in [4.69, 9.17) is 9.84 Å². The Morgan fingerprint density at radius 1 is 0.980 bits per heavy atom. The Morgan fingerprint density at radius 3 is 2.44 bits per heavy atom. The number of hydrogen-bond acceptors (Lipinski definition) is 9. The van der Waals surface area contributed by atoms with Gasteiger partial charge in [-0.1, -0.05) is 6.07 Å². The van der Waals surface area contributed by atoms with E-state index < -0.39 is 21.8 Å². The first-order valence-electron chi connectivity index (χ1n) is 17.9. The lowest BCUT2D eigenvalue weighted by atomic mass is 10.0. The first-order chi connectivity index (χ1) is 24.0. The summed E-state index contributed by atoms with van der Waals surface area (Å²) in [4.78, 5) is 19.1. The molecule has 1 aromatic heterocycles. The fourth-order valence-corrected chi connectivity index (χ4v) is 9.37. The van der Waals surface area contributed by atoms with E-state index in [-0.39, 0.29) is 17.3 Å². The highest BCUT2D eigenvalue weighted by Gasteiger charge is 2.35. The van der Waals surface area contributed by atoms with Crippen molar-refractivity contribution >= 4 is 27.7 Å². The number of alkyl halides is 3. The number of fused-ring (bicyclic) bond motifs is 1. The molecule has 0 aliphatic carbocycles. The van der Waals surface area contributed by atoms with Gasteiger partial charge in [0.15, 0.2) is 0 Å². The van der Waals surface area contributed by atoms with Crippen molar-refractivity contribution < 1.29 is 31.1 Å². The zero-order valence-corrected chi connectivity index (χ0v) is 30.6. The largest absolute Gasteiger partial charge is 0.417 e. The van der Waals surface area contributed by atoms with Gasteiger partial charge in [0.2, 0.25) is 15.9 Å². The molecular formula is C34H50F3N7O4S2. The third kappa shape index (κ3) is 9.41. The van der Waals surface area contributed by atoms with Gasteiger partial charge in [-0.25, -0.2) is 8.42 Å². The molecule has 2 aromatic rings. The van der Waals surface area contributed by atoms with Crippen LogP contribution in [0.2, 0.25) is 0 Å². The van der Waals surface area contributed by atoms with E-state index in [0.717, 1.165) is 109 Å². The second-order valence-electron chi connectivity index (χ2n) is 13.7. The number of carbonyl (C=O) groups is 1. The molecule has 3 fully saturated rings. The first-order valence-corrected chi connectivity index (χ1v) is 20.7. The van der Waals surface area contributed by atoms with Gasteiger partial charge in [-0.2, -0.15) is 22.6 Å². The van der Waals surface area contributed by atoms with Crippen LogP contribution in [0.3, 0.4) is 0 Å². The number of piperidine rings is 1. The lowest BCUT2D eigenvalue weighted by molar-refractivity contribution is -0.139. The van der Waals surface area contributed by atoms with Crippen molar-refractivity contribution in [3.63, 3.8) is 0 Å². The molecule has 0 radical (unpaired) electrons. The topological polar surface area (TPSA) is 103 Å². The molecule has 0 unspecified atom stereocenters. The molecule has 11 nitrogen and oxygen atoms in total. The number of aryl methyl sites for hydroxylation is 1. The van der Waals surface area contributed by atoms with Crippen LogP contribution in [-0.2, 0) is 45.2 Å². The van der Waals surface area contributed by atoms with Crippen molar-refractivity contribution in [1.82, 2.24) is 34.1 Å². The number of thioether (sulfide) groups is 1. The number of nitrogens with one attached hydrogen (secondary N) is 1. The number of halogens is 3. The molecule has 6 rings (SSSR count). The number of likely N-dealkylation sites (tertiary alicyclic amines) is 2. The highest BCUT2D eigenvalue weighted by molar-refractivity contribution is 7.99. The molecule has 1 aromatic carbocycles. The SMILES string of the molecule is CS(=O)(=O)N1CCc2c(c(-c3ccc(C(F)(F)F)c(SCCNCCN4CCOCC4)c3)nn2CCCN2CCC(N3CCCC3=O)CC2)C1. The first kappa shape index (κ1) is 37.5. The van der Waals surface area contributed by atoms with Crippen LogP contribution in [0.5, 0.6) is 0 Å². The number of ether oxygens (including phenoxy) is 1. The molecule has 0 saturated carbocycles. The van der Waals surface area contributed by atoms with E-state index in [9.17, 15) is 26.4 Å². The maximum Gasteiger partial charge on any atom is 0.417 e. The van der Waals surface area contributed by atoms with Crippen LogP contribution in [0.25, 0.3) is 11.3 Å². The number of benzene rings is 1. The van der Waals surface area contributed by atoms with Crippen LogP contribution in [-0.4, -0.2) is 140 Å². The molecule has 1 amide bonds. The van der Waals surface area contributed by atoms with Crippen molar-refractivity contribution in [2.24, 2.45) is 0 Å². The van der Waals surface area contributed by atoms with Crippen molar-refractivity contribution in [2.45, 2.75) is 68.7 Å². The van der Waals surface area contributed by atoms with Crippen LogP contribution in [0.15, 0.2) is 23.1 Å². The molecule has 1 N–H and O–H groups in total. The van der Waals surface area contributed by atoms with Crippen LogP contribution in [0.1, 0.15) is 48.9 Å². The summed E-state index contributed by atoms with van der Waals surface area (Å²) in [5.74, 6) is 0.748. The Balaban J connectivity index is 1.13. The lowest BCUT2D eigenvalue weighted by Gasteiger charge is -2.36. The Bertz CT molecular complexity index is 1570. The number of morpholine rings is 1. The second-order valence-corrected chi connectivity index (χ2v) is 16.8. The van der Waals surface area contributed by atoms with E-state index >= 15 is 0 Å². The van der Waals surface area contributed by atoms with Gasteiger partial charge in [-0.15, -0.1) is 11.8 Å². The minimum absolute atomic E-state index is 0.142. The molecule has 4 aliphatic rings. The summed E-state index contributed by atoms with van der Waals surface area (Å²) in [7, 11) is -3.47. The monoisotopic (exact) mass is 741 g/mol. The minimum atomic E-state index is -4.50. The van der Waals surface area contributed by atoms with Gasteiger partial charge < -0.3 is 19.9 Å². The third-order valence-electron chi connectivity index (χ3n) is 10.3. The number of aromatic nitrogens is 2. The molecule has 3 saturated heterocycles. The van der Waals surface area contributed by atoms with Gasteiger partial charge >= 0.3 is 6.18 Å². The number of amides is 1. The van der Waals surface area contributed by atoms with Gasteiger partial charge in [0, 0.05) is 118 Å². The van der Waals surface area contributed by atoms with E-state index in [1.165, 1.54) is 28.4 Å². The zero-order chi connectivity index (χ0) is 35.3. The number of rotatable bonds is 14. The minimum Gasteiger partial charge on any atom is -0.379 e. The summed E-state index contributed by atoms with van der Waals surface area (Å²) < 4.78 is 76.2. The molecule has 4 aliphatic heterocycles.